The van der Waals surface area contributed by atoms with E-state index in [1.165, 1.54) is 21.0 Å². The van der Waals surface area contributed by atoms with E-state index in [9.17, 15) is 9.59 Å². The Kier molecular flexibility index (Phi) is 5.36. The van der Waals surface area contributed by atoms with Gasteiger partial charge < -0.3 is 14.8 Å². The number of esters is 1. The predicted molar refractivity (Wildman–Crippen MR) is 71.3 cm³/mol. The monoisotopic (exact) mass is 265 g/mol. The van der Waals surface area contributed by atoms with E-state index in [2.05, 4.69) is 5.32 Å². The summed E-state index contributed by atoms with van der Waals surface area (Å²) in [6, 6.07) is 5.37. The van der Waals surface area contributed by atoms with Gasteiger partial charge >= 0.3 is 5.97 Å². The molecule has 0 aliphatic heterocycles. The molecule has 0 saturated heterocycles. The van der Waals surface area contributed by atoms with Gasteiger partial charge in [0, 0.05) is 19.9 Å². The lowest BCUT2D eigenvalue weighted by molar-refractivity contribution is -0.132. The highest BCUT2D eigenvalue weighted by atomic mass is 16.6. The first-order valence-electron chi connectivity index (χ1n) is 6.04. The fraction of sp³-hybridized carbons (Fsp3) is 0.429. The number of hydrogen-bond donors (Lipinski definition) is 1. The number of nitrogens with one attached hydrogen (secondary N) is 1. The number of methoxy groups -OCH3 is 1. The molecule has 0 bridgehead atoms. The molecule has 0 saturated carbocycles. The molecular weight excluding hydrogens is 246 g/mol. The van der Waals surface area contributed by atoms with Gasteiger partial charge in [0.15, 0.2) is 11.5 Å². The van der Waals surface area contributed by atoms with Crippen molar-refractivity contribution in [2.24, 2.45) is 0 Å². The average Bonchev–Trinajstić information content (AvgIpc) is 2.29. The molecule has 104 valence electrons. The Labute approximate surface area is 112 Å². The molecular formula is C14H19NO4. The second-order valence-corrected chi connectivity index (χ2v) is 4.38. The van der Waals surface area contributed by atoms with Gasteiger partial charge in [0.25, 0.3) is 0 Å². The maximum Gasteiger partial charge on any atom is 0.308 e. The molecule has 19 heavy (non-hydrogen) atoms. The van der Waals surface area contributed by atoms with Crippen molar-refractivity contribution in [1.82, 2.24) is 5.32 Å². The summed E-state index contributed by atoms with van der Waals surface area (Å²) < 4.78 is 10.2. The van der Waals surface area contributed by atoms with E-state index in [0.29, 0.717) is 17.9 Å². The van der Waals surface area contributed by atoms with Crippen molar-refractivity contribution in [1.29, 1.82) is 0 Å². The molecule has 1 aromatic carbocycles. The van der Waals surface area contributed by atoms with Crippen molar-refractivity contribution in [2.75, 3.05) is 7.11 Å². The summed E-state index contributed by atoms with van der Waals surface area (Å²) in [4.78, 5) is 21.9. The maximum atomic E-state index is 10.9. The molecule has 5 nitrogen and oxygen atoms in total. The second kappa shape index (κ2) is 6.78. The Morgan fingerprint density at radius 2 is 1.95 bits per heavy atom. The van der Waals surface area contributed by atoms with Crippen LogP contribution < -0.4 is 14.8 Å². The summed E-state index contributed by atoms with van der Waals surface area (Å²) in [6.07, 6.45) is 0.677. The van der Waals surface area contributed by atoms with Gasteiger partial charge in [0.2, 0.25) is 5.91 Å². The summed E-state index contributed by atoms with van der Waals surface area (Å²) in [5.41, 5.74) is 0.994. The number of ether oxygens (including phenoxy) is 2. The average molecular weight is 265 g/mol. The van der Waals surface area contributed by atoms with Gasteiger partial charge in [-0.2, -0.15) is 0 Å². The van der Waals surface area contributed by atoms with Crippen LogP contribution >= 0.6 is 0 Å². The fourth-order valence-corrected chi connectivity index (χ4v) is 1.83. The Morgan fingerprint density at radius 3 is 2.47 bits per heavy atom. The van der Waals surface area contributed by atoms with Crippen molar-refractivity contribution in [3.05, 3.63) is 23.8 Å². The third kappa shape index (κ3) is 4.99. The highest BCUT2D eigenvalue weighted by molar-refractivity contribution is 5.73. The molecule has 1 amide bonds. The molecule has 1 atom stereocenters. The fourth-order valence-electron chi connectivity index (χ4n) is 1.83. The topological polar surface area (TPSA) is 64.6 Å². The quantitative estimate of drug-likeness (QED) is 0.650. The molecule has 1 N–H and O–H groups in total. The van der Waals surface area contributed by atoms with E-state index in [1.807, 2.05) is 13.0 Å². The van der Waals surface area contributed by atoms with Crippen LogP contribution in [0.25, 0.3) is 0 Å². The smallest absolute Gasteiger partial charge is 0.308 e. The van der Waals surface area contributed by atoms with Crippen molar-refractivity contribution in [3.8, 4) is 11.5 Å². The van der Waals surface area contributed by atoms with Gasteiger partial charge in [0.05, 0.1) is 7.11 Å². The molecule has 1 aromatic rings. The van der Waals surface area contributed by atoms with Crippen LogP contribution in [-0.2, 0) is 16.0 Å². The zero-order chi connectivity index (χ0) is 14.4. The van der Waals surface area contributed by atoms with E-state index < -0.39 is 5.97 Å². The lowest BCUT2D eigenvalue weighted by atomic mass is 10.1. The van der Waals surface area contributed by atoms with Crippen molar-refractivity contribution in [3.63, 3.8) is 0 Å². The molecule has 1 unspecified atom stereocenters. The van der Waals surface area contributed by atoms with Gasteiger partial charge in [-0.15, -0.1) is 0 Å². The summed E-state index contributed by atoms with van der Waals surface area (Å²) >= 11 is 0. The molecule has 0 aliphatic rings. The normalized spacial score (nSPS) is 11.6. The number of hydrogen-bond acceptors (Lipinski definition) is 4. The van der Waals surface area contributed by atoms with E-state index in [1.54, 1.807) is 12.1 Å². The molecule has 5 heteroatoms. The van der Waals surface area contributed by atoms with Crippen LogP contribution in [0.1, 0.15) is 26.3 Å². The number of rotatable bonds is 5. The summed E-state index contributed by atoms with van der Waals surface area (Å²) in [6.45, 7) is 4.75. The number of amides is 1. The lowest BCUT2D eigenvalue weighted by Crippen LogP contribution is -2.32. The van der Waals surface area contributed by atoms with Gasteiger partial charge in [-0.25, -0.2) is 0 Å². The predicted octanol–water partition coefficient (Wildman–Crippen LogP) is 1.69. The Balaban J connectivity index is 2.81. The minimum atomic E-state index is -0.391. The van der Waals surface area contributed by atoms with Gasteiger partial charge in [-0.1, -0.05) is 6.07 Å². The van der Waals surface area contributed by atoms with E-state index in [0.717, 1.165) is 5.56 Å². The molecule has 0 radical (unpaired) electrons. The van der Waals surface area contributed by atoms with E-state index in [-0.39, 0.29) is 11.9 Å². The molecule has 0 aliphatic carbocycles. The van der Waals surface area contributed by atoms with Crippen molar-refractivity contribution in [2.45, 2.75) is 33.2 Å². The Morgan fingerprint density at radius 1 is 1.26 bits per heavy atom. The summed E-state index contributed by atoms with van der Waals surface area (Å²) in [5, 5.41) is 2.81. The number of carbonyl (C=O) groups excluding carboxylic acids is 2. The Hall–Kier alpha value is -2.04. The molecule has 0 spiro atoms. The standard InChI is InChI=1S/C14H19NO4/c1-9(15-10(2)16)7-12-5-6-13(19-11(3)17)14(8-12)18-4/h5-6,8-9H,7H2,1-4H3,(H,15,16). The first-order valence-corrected chi connectivity index (χ1v) is 6.04. The first kappa shape index (κ1) is 15.0. The minimum Gasteiger partial charge on any atom is -0.493 e. The van der Waals surface area contributed by atoms with Gasteiger partial charge in [-0.05, 0) is 31.0 Å². The molecule has 0 fully saturated rings. The van der Waals surface area contributed by atoms with Crippen LogP contribution in [0.3, 0.4) is 0 Å². The molecule has 1 rings (SSSR count). The molecule has 0 aromatic heterocycles. The summed E-state index contributed by atoms with van der Waals surface area (Å²) in [5.74, 6) is 0.447. The van der Waals surface area contributed by atoms with Crippen LogP contribution in [0.2, 0.25) is 0 Å². The lowest BCUT2D eigenvalue weighted by Gasteiger charge is -2.14. The van der Waals surface area contributed by atoms with Crippen molar-refractivity contribution < 1.29 is 19.1 Å². The van der Waals surface area contributed by atoms with E-state index in [4.69, 9.17) is 9.47 Å². The third-order valence-corrected chi connectivity index (χ3v) is 2.47. The van der Waals surface area contributed by atoms with Gasteiger partial charge in [0.1, 0.15) is 0 Å². The highest BCUT2D eigenvalue weighted by Gasteiger charge is 2.10. The zero-order valence-electron chi connectivity index (χ0n) is 11.6. The maximum absolute atomic E-state index is 10.9. The first-order chi connectivity index (χ1) is 8.92. The summed E-state index contributed by atoms with van der Waals surface area (Å²) in [7, 11) is 1.52. The SMILES string of the molecule is COc1cc(CC(C)NC(C)=O)ccc1OC(C)=O. The number of benzene rings is 1. The third-order valence-electron chi connectivity index (χ3n) is 2.47. The van der Waals surface area contributed by atoms with Crippen LogP contribution in [0.15, 0.2) is 18.2 Å². The molecule has 0 heterocycles. The van der Waals surface area contributed by atoms with Crippen LogP contribution in [0.5, 0.6) is 11.5 Å². The van der Waals surface area contributed by atoms with Crippen LogP contribution in [0.4, 0.5) is 0 Å². The Bertz CT molecular complexity index is 471. The van der Waals surface area contributed by atoms with E-state index >= 15 is 0 Å². The second-order valence-electron chi connectivity index (χ2n) is 4.38. The largest absolute Gasteiger partial charge is 0.493 e. The highest BCUT2D eigenvalue weighted by Crippen LogP contribution is 2.28. The minimum absolute atomic E-state index is 0.0294. The zero-order valence-corrected chi connectivity index (χ0v) is 11.6. The van der Waals surface area contributed by atoms with Crippen LogP contribution in [-0.4, -0.2) is 25.0 Å². The van der Waals surface area contributed by atoms with Crippen molar-refractivity contribution >= 4 is 11.9 Å². The van der Waals surface area contributed by atoms with Crippen LogP contribution in [0, 0.1) is 0 Å². The number of carbonyl (C=O) groups is 2. The van der Waals surface area contributed by atoms with Gasteiger partial charge in [-0.3, -0.25) is 9.59 Å².